The predicted molar refractivity (Wildman–Crippen MR) is 118 cm³/mol. The van der Waals surface area contributed by atoms with E-state index in [9.17, 15) is 19.8 Å². The van der Waals surface area contributed by atoms with Crippen LogP contribution >= 0.6 is 0 Å². The molecule has 1 aromatic carbocycles. The Hall–Kier alpha value is -1.84. The molecule has 4 heteroatoms. The van der Waals surface area contributed by atoms with Gasteiger partial charge in [0.05, 0.1) is 10.8 Å². The Kier molecular flexibility index (Phi) is 9.88. The smallest absolute Gasteiger partial charge is 0.309 e. The molecule has 0 aliphatic rings. The lowest BCUT2D eigenvalue weighted by Gasteiger charge is -2.19. The van der Waals surface area contributed by atoms with Gasteiger partial charge in [0.1, 0.15) is 0 Å². The molecule has 0 heterocycles. The summed E-state index contributed by atoms with van der Waals surface area (Å²) in [6.07, 6.45) is 9.67. The Morgan fingerprint density at radius 3 is 1.72 bits per heavy atom. The minimum Gasteiger partial charge on any atom is -0.481 e. The van der Waals surface area contributed by atoms with E-state index >= 15 is 0 Å². The molecule has 0 aliphatic carbocycles. The summed E-state index contributed by atoms with van der Waals surface area (Å²) in [5, 5.41) is 18.4. The molecule has 1 aromatic rings. The van der Waals surface area contributed by atoms with Gasteiger partial charge in [-0.2, -0.15) is 0 Å². The van der Waals surface area contributed by atoms with Crippen LogP contribution in [0, 0.1) is 17.8 Å². The van der Waals surface area contributed by atoms with Crippen molar-refractivity contribution >= 4 is 11.9 Å². The fraction of sp³-hybridized carbons (Fsp3) is 0.680. The quantitative estimate of drug-likeness (QED) is 0.351. The molecule has 0 bridgehead atoms. The number of benzene rings is 1. The second-order valence-corrected chi connectivity index (χ2v) is 9.71. The van der Waals surface area contributed by atoms with E-state index in [-0.39, 0.29) is 0 Å². The summed E-state index contributed by atoms with van der Waals surface area (Å²) in [5.74, 6) is -1.43. The van der Waals surface area contributed by atoms with Crippen LogP contribution < -0.4 is 0 Å². The summed E-state index contributed by atoms with van der Waals surface area (Å²) < 4.78 is 0. The number of hydrogen-bond acceptors (Lipinski definition) is 2. The molecule has 0 amide bonds. The van der Waals surface area contributed by atoms with E-state index in [1.54, 1.807) is 27.7 Å². The Labute approximate surface area is 176 Å². The maximum Gasteiger partial charge on any atom is 0.309 e. The molecule has 2 N–H and O–H groups in total. The van der Waals surface area contributed by atoms with Gasteiger partial charge in [-0.1, -0.05) is 43.9 Å². The van der Waals surface area contributed by atoms with Gasteiger partial charge in [-0.25, -0.2) is 0 Å². The molecule has 0 atom stereocenters. The first-order chi connectivity index (χ1) is 13.5. The van der Waals surface area contributed by atoms with Gasteiger partial charge in [-0.3, -0.25) is 9.59 Å². The average molecular weight is 405 g/mol. The third-order valence-corrected chi connectivity index (χ3v) is 6.14. The number of rotatable bonds is 14. The van der Waals surface area contributed by atoms with Crippen molar-refractivity contribution < 1.29 is 19.8 Å². The normalized spacial score (nSPS) is 12.2. The van der Waals surface area contributed by atoms with E-state index in [0.29, 0.717) is 0 Å². The highest BCUT2D eigenvalue weighted by atomic mass is 16.4. The monoisotopic (exact) mass is 404 g/mol. The van der Waals surface area contributed by atoms with Crippen molar-refractivity contribution in [2.75, 3.05) is 0 Å². The Balaban J connectivity index is 2.45. The number of aryl methyl sites for hydroxylation is 2. The minimum absolute atomic E-state index is 0.635. The van der Waals surface area contributed by atoms with Crippen LogP contribution in [0.25, 0.3) is 0 Å². The molecule has 0 fully saturated rings. The number of carboxylic acids is 2. The van der Waals surface area contributed by atoms with E-state index in [0.717, 1.165) is 64.2 Å². The van der Waals surface area contributed by atoms with Crippen molar-refractivity contribution in [3.05, 3.63) is 34.9 Å². The van der Waals surface area contributed by atoms with Crippen LogP contribution in [-0.2, 0) is 22.4 Å². The highest BCUT2D eigenvalue weighted by Gasteiger charge is 2.26. The van der Waals surface area contributed by atoms with Gasteiger partial charge in [-0.05, 0) is 89.8 Å². The van der Waals surface area contributed by atoms with E-state index in [2.05, 4.69) is 25.1 Å². The third-order valence-electron chi connectivity index (χ3n) is 6.14. The summed E-state index contributed by atoms with van der Waals surface area (Å²) in [6.45, 7) is 9.36. The highest BCUT2D eigenvalue weighted by molar-refractivity contribution is 5.73. The third kappa shape index (κ3) is 8.59. The first-order valence-corrected chi connectivity index (χ1v) is 11.0. The molecule has 0 aromatic heterocycles. The molecule has 164 valence electrons. The second kappa shape index (κ2) is 11.4. The fourth-order valence-corrected chi connectivity index (χ4v) is 3.67. The van der Waals surface area contributed by atoms with Crippen LogP contribution in [0.3, 0.4) is 0 Å². The number of carbonyl (C=O) groups is 2. The zero-order valence-corrected chi connectivity index (χ0v) is 19.0. The van der Waals surface area contributed by atoms with Gasteiger partial charge in [0.15, 0.2) is 0 Å². The SMILES string of the molecule is Cc1cccc(CCCCCC(C)(C)C(=O)O)c1CCCCCC(C)(C)C(=O)O. The molecule has 0 radical (unpaired) electrons. The van der Waals surface area contributed by atoms with Crippen molar-refractivity contribution in [2.24, 2.45) is 10.8 Å². The van der Waals surface area contributed by atoms with E-state index in [4.69, 9.17) is 0 Å². The fourth-order valence-electron chi connectivity index (χ4n) is 3.67. The Bertz CT molecular complexity index is 673. The van der Waals surface area contributed by atoms with Gasteiger partial charge in [0, 0.05) is 0 Å². The van der Waals surface area contributed by atoms with E-state index in [1.807, 2.05) is 0 Å². The summed E-state index contributed by atoms with van der Waals surface area (Å²) in [5.41, 5.74) is 2.91. The van der Waals surface area contributed by atoms with Crippen LogP contribution in [0.4, 0.5) is 0 Å². The zero-order valence-electron chi connectivity index (χ0n) is 19.0. The molecule has 1 rings (SSSR count). The average Bonchev–Trinajstić information content (AvgIpc) is 2.62. The van der Waals surface area contributed by atoms with Crippen molar-refractivity contribution in [1.82, 2.24) is 0 Å². The van der Waals surface area contributed by atoms with Crippen LogP contribution in [0.15, 0.2) is 18.2 Å². The molecular weight excluding hydrogens is 364 g/mol. The lowest BCUT2D eigenvalue weighted by Crippen LogP contribution is -2.23. The van der Waals surface area contributed by atoms with Crippen LogP contribution in [0.1, 0.15) is 95.8 Å². The predicted octanol–water partition coefficient (Wildman–Crippen LogP) is 6.42. The molecule has 4 nitrogen and oxygen atoms in total. The topological polar surface area (TPSA) is 74.6 Å². The molecule has 0 spiro atoms. The summed E-state index contributed by atoms with van der Waals surface area (Å²) >= 11 is 0. The number of unbranched alkanes of at least 4 members (excludes halogenated alkanes) is 4. The minimum atomic E-state index is -0.717. The van der Waals surface area contributed by atoms with Crippen LogP contribution in [0.2, 0.25) is 0 Å². The van der Waals surface area contributed by atoms with Crippen molar-refractivity contribution in [1.29, 1.82) is 0 Å². The van der Waals surface area contributed by atoms with Gasteiger partial charge in [0.2, 0.25) is 0 Å². The molecule has 0 aliphatic heterocycles. The van der Waals surface area contributed by atoms with E-state index < -0.39 is 22.8 Å². The molecule has 0 saturated carbocycles. The second-order valence-electron chi connectivity index (χ2n) is 9.71. The van der Waals surface area contributed by atoms with Crippen LogP contribution in [-0.4, -0.2) is 22.2 Å². The first kappa shape index (κ1) is 25.2. The number of aliphatic carboxylic acids is 2. The van der Waals surface area contributed by atoms with Gasteiger partial charge in [0.25, 0.3) is 0 Å². The van der Waals surface area contributed by atoms with Gasteiger partial charge in [-0.15, -0.1) is 0 Å². The Morgan fingerprint density at radius 2 is 1.24 bits per heavy atom. The molecular formula is C25H40O4. The molecule has 29 heavy (non-hydrogen) atoms. The lowest BCUT2D eigenvalue weighted by atomic mass is 9.86. The van der Waals surface area contributed by atoms with E-state index in [1.165, 1.54) is 16.7 Å². The van der Waals surface area contributed by atoms with Crippen molar-refractivity contribution in [2.45, 2.75) is 98.8 Å². The Morgan fingerprint density at radius 1 is 0.759 bits per heavy atom. The zero-order chi connectivity index (χ0) is 22.1. The molecule has 0 unspecified atom stereocenters. The maximum atomic E-state index is 11.2. The largest absolute Gasteiger partial charge is 0.481 e. The summed E-state index contributed by atoms with van der Waals surface area (Å²) in [6, 6.07) is 6.51. The van der Waals surface area contributed by atoms with Crippen molar-refractivity contribution in [3.63, 3.8) is 0 Å². The number of hydrogen-bond donors (Lipinski definition) is 2. The lowest BCUT2D eigenvalue weighted by molar-refractivity contribution is -0.148. The maximum absolute atomic E-state index is 11.2. The highest BCUT2D eigenvalue weighted by Crippen LogP contribution is 2.26. The number of carboxylic acid groups (broad SMARTS) is 2. The summed E-state index contributed by atoms with van der Waals surface area (Å²) in [7, 11) is 0. The summed E-state index contributed by atoms with van der Waals surface area (Å²) in [4.78, 5) is 22.4. The van der Waals surface area contributed by atoms with Gasteiger partial charge < -0.3 is 10.2 Å². The van der Waals surface area contributed by atoms with Crippen LogP contribution in [0.5, 0.6) is 0 Å². The van der Waals surface area contributed by atoms with Gasteiger partial charge >= 0.3 is 11.9 Å². The van der Waals surface area contributed by atoms with Crippen molar-refractivity contribution in [3.8, 4) is 0 Å². The first-order valence-electron chi connectivity index (χ1n) is 11.0. The standard InChI is InChI=1S/C25H40O4/c1-19-13-12-15-20(14-8-6-10-17-24(2,3)22(26)27)21(19)16-9-7-11-18-25(4,5)23(28)29/h12-13,15H,6-11,14,16-18H2,1-5H3,(H,26,27)(H,28,29). The molecule has 0 saturated heterocycles.